The van der Waals surface area contributed by atoms with E-state index in [4.69, 9.17) is 16.3 Å². The fraction of sp³-hybridized carbons (Fsp3) is 0.214. The molecule has 0 fully saturated rings. The molecule has 5 nitrogen and oxygen atoms in total. The van der Waals surface area contributed by atoms with Crippen LogP contribution in [0.1, 0.15) is 24.2 Å². The summed E-state index contributed by atoms with van der Waals surface area (Å²) in [4.78, 5) is 8.19. The molecule has 0 aliphatic carbocycles. The minimum Gasteiger partial charge on any atom is -0.469 e. The molecule has 0 spiro atoms. The smallest absolute Gasteiger partial charge is 0.256 e. The van der Waals surface area contributed by atoms with Crippen molar-refractivity contribution in [3.8, 4) is 5.88 Å². The van der Waals surface area contributed by atoms with E-state index in [0.717, 1.165) is 11.1 Å². The number of rotatable bonds is 3. The van der Waals surface area contributed by atoms with Gasteiger partial charge < -0.3 is 4.74 Å². The van der Waals surface area contributed by atoms with E-state index in [9.17, 15) is 0 Å². The van der Waals surface area contributed by atoms with Gasteiger partial charge >= 0.3 is 0 Å². The molecule has 1 atom stereocenters. The van der Waals surface area contributed by atoms with Crippen molar-refractivity contribution in [3.05, 3.63) is 52.9 Å². The van der Waals surface area contributed by atoms with Crippen molar-refractivity contribution in [1.29, 1.82) is 0 Å². The van der Waals surface area contributed by atoms with Crippen LogP contribution < -0.4 is 4.74 Å². The van der Waals surface area contributed by atoms with Crippen LogP contribution in [0.5, 0.6) is 5.88 Å². The SMILES string of the molecule is Cc1c(Cl)nc2ncnn2c1OC(C)c1ccccc1. The van der Waals surface area contributed by atoms with Crippen LogP contribution in [0.15, 0.2) is 36.7 Å². The molecule has 2 heterocycles. The first-order valence-corrected chi connectivity index (χ1v) is 6.62. The summed E-state index contributed by atoms with van der Waals surface area (Å²) < 4.78 is 7.58. The van der Waals surface area contributed by atoms with Crippen LogP contribution in [0.2, 0.25) is 5.15 Å². The van der Waals surface area contributed by atoms with Gasteiger partial charge in [0, 0.05) is 5.56 Å². The van der Waals surface area contributed by atoms with Gasteiger partial charge in [-0.2, -0.15) is 19.6 Å². The van der Waals surface area contributed by atoms with Crippen molar-refractivity contribution < 1.29 is 4.74 Å². The van der Waals surface area contributed by atoms with Gasteiger partial charge in [-0.15, -0.1) is 0 Å². The van der Waals surface area contributed by atoms with E-state index in [0.29, 0.717) is 16.8 Å². The summed E-state index contributed by atoms with van der Waals surface area (Å²) in [5.74, 6) is 0.990. The number of hydrogen-bond donors (Lipinski definition) is 0. The van der Waals surface area contributed by atoms with E-state index in [1.807, 2.05) is 44.2 Å². The van der Waals surface area contributed by atoms with Crippen molar-refractivity contribution in [3.63, 3.8) is 0 Å². The lowest BCUT2D eigenvalue weighted by atomic mass is 10.1. The number of aromatic nitrogens is 4. The third-order valence-corrected chi connectivity index (χ3v) is 3.48. The molecule has 3 rings (SSSR count). The lowest BCUT2D eigenvalue weighted by Gasteiger charge is -2.17. The monoisotopic (exact) mass is 288 g/mol. The van der Waals surface area contributed by atoms with Crippen LogP contribution in [-0.2, 0) is 0 Å². The molecule has 2 aromatic heterocycles. The molecule has 0 amide bonds. The first-order valence-electron chi connectivity index (χ1n) is 6.24. The molecule has 0 N–H and O–H groups in total. The number of fused-ring (bicyclic) bond motifs is 1. The van der Waals surface area contributed by atoms with Crippen molar-refractivity contribution in [2.45, 2.75) is 20.0 Å². The average molecular weight is 289 g/mol. The van der Waals surface area contributed by atoms with Gasteiger partial charge in [0.1, 0.15) is 17.6 Å². The lowest BCUT2D eigenvalue weighted by Crippen LogP contribution is -2.09. The maximum atomic E-state index is 6.11. The summed E-state index contributed by atoms with van der Waals surface area (Å²) >= 11 is 6.11. The highest BCUT2D eigenvalue weighted by atomic mass is 35.5. The highest BCUT2D eigenvalue weighted by Crippen LogP contribution is 2.28. The fourth-order valence-corrected chi connectivity index (χ4v) is 2.13. The van der Waals surface area contributed by atoms with Crippen LogP contribution in [0.25, 0.3) is 5.78 Å². The third kappa shape index (κ3) is 2.20. The number of ether oxygens (including phenoxy) is 1. The molecule has 102 valence electrons. The maximum absolute atomic E-state index is 6.11. The zero-order valence-corrected chi connectivity index (χ0v) is 11.9. The van der Waals surface area contributed by atoms with Gasteiger partial charge in [0.15, 0.2) is 0 Å². The molecule has 0 radical (unpaired) electrons. The molecule has 3 aromatic rings. The van der Waals surface area contributed by atoms with Gasteiger partial charge in [0.05, 0.1) is 0 Å². The van der Waals surface area contributed by atoms with Crippen LogP contribution in [0.3, 0.4) is 0 Å². The molecule has 20 heavy (non-hydrogen) atoms. The Morgan fingerprint density at radius 3 is 2.75 bits per heavy atom. The molecule has 0 aliphatic heterocycles. The second-order valence-corrected chi connectivity index (χ2v) is 4.83. The predicted octanol–water partition coefficient (Wildman–Crippen LogP) is 3.23. The zero-order valence-electron chi connectivity index (χ0n) is 11.1. The number of nitrogens with zero attached hydrogens (tertiary/aromatic N) is 4. The molecule has 1 aromatic carbocycles. The van der Waals surface area contributed by atoms with E-state index < -0.39 is 0 Å². The van der Waals surface area contributed by atoms with E-state index in [1.54, 1.807) is 4.52 Å². The topological polar surface area (TPSA) is 52.3 Å². The Kier molecular flexibility index (Phi) is 3.28. The summed E-state index contributed by atoms with van der Waals surface area (Å²) in [5, 5.41) is 4.50. The van der Waals surface area contributed by atoms with Gasteiger partial charge in [0.25, 0.3) is 5.78 Å². The van der Waals surface area contributed by atoms with Gasteiger partial charge in [0.2, 0.25) is 5.88 Å². The first kappa shape index (κ1) is 12.9. The molecule has 0 bridgehead atoms. The van der Waals surface area contributed by atoms with Gasteiger partial charge in [-0.3, -0.25) is 0 Å². The predicted molar refractivity (Wildman–Crippen MR) is 76.0 cm³/mol. The van der Waals surface area contributed by atoms with Crippen molar-refractivity contribution in [2.75, 3.05) is 0 Å². The van der Waals surface area contributed by atoms with Crippen LogP contribution in [0.4, 0.5) is 0 Å². The Balaban J connectivity index is 2.02. The van der Waals surface area contributed by atoms with E-state index >= 15 is 0 Å². The molecule has 1 unspecified atom stereocenters. The summed E-state index contributed by atoms with van der Waals surface area (Å²) in [6, 6.07) is 9.96. The van der Waals surface area contributed by atoms with Gasteiger partial charge in [-0.1, -0.05) is 41.9 Å². The minimum atomic E-state index is -0.124. The van der Waals surface area contributed by atoms with Gasteiger partial charge in [-0.25, -0.2) is 0 Å². The molecular formula is C14H13ClN4O. The Labute approximate surface area is 121 Å². The Morgan fingerprint density at radius 1 is 1.25 bits per heavy atom. The quantitative estimate of drug-likeness (QED) is 0.694. The Morgan fingerprint density at radius 2 is 2.00 bits per heavy atom. The standard InChI is InChI=1S/C14H13ClN4O/c1-9-12(15)18-14-16-8-17-19(14)13(9)20-10(2)11-6-4-3-5-7-11/h3-8,10H,1-2H3. The van der Waals surface area contributed by atoms with Crippen molar-refractivity contribution >= 4 is 17.4 Å². The highest BCUT2D eigenvalue weighted by Gasteiger charge is 2.16. The van der Waals surface area contributed by atoms with Crippen molar-refractivity contribution in [2.24, 2.45) is 0 Å². The maximum Gasteiger partial charge on any atom is 0.256 e. The van der Waals surface area contributed by atoms with E-state index in [1.165, 1.54) is 6.33 Å². The summed E-state index contributed by atoms with van der Waals surface area (Å²) in [6.07, 6.45) is 1.30. The van der Waals surface area contributed by atoms with E-state index in [-0.39, 0.29) is 6.10 Å². The van der Waals surface area contributed by atoms with Crippen LogP contribution in [0, 0.1) is 6.92 Å². The number of benzene rings is 1. The Bertz CT molecular complexity index is 742. The van der Waals surface area contributed by atoms with Crippen LogP contribution >= 0.6 is 11.6 Å². The molecule has 0 saturated heterocycles. The summed E-state index contributed by atoms with van der Waals surface area (Å²) in [6.45, 7) is 3.83. The first-order chi connectivity index (χ1) is 9.66. The van der Waals surface area contributed by atoms with Crippen molar-refractivity contribution in [1.82, 2.24) is 19.6 Å². The largest absolute Gasteiger partial charge is 0.469 e. The summed E-state index contributed by atoms with van der Waals surface area (Å²) in [7, 11) is 0. The lowest BCUT2D eigenvalue weighted by molar-refractivity contribution is 0.210. The average Bonchev–Trinajstić information content (AvgIpc) is 2.92. The fourth-order valence-electron chi connectivity index (χ4n) is 1.97. The second kappa shape index (κ2) is 5.09. The minimum absolute atomic E-state index is 0.124. The highest BCUT2D eigenvalue weighted by molar-refractivity contribution is 6.30. The van der Waals surface area contributed by atoms with Gasteiger partial charge in [-0.05, 0) is 19.4 Å². The summed E-state index contributed by atoms with van der Waals surface area (Å²) in [5.41, 5.74) is 1.82. The normalized spacial score (nSPS) is 12.6. The number of halogens is 1. The second-order valence-electron chi connectivity index (χ2n) is 4.48. The zero-order chi connectivity index (χ0) is 14.1. The Hall–Kier alpha value is -2.14. The van der Waals surface area contributed by atoms with Crippen LogP contribution in [-0.4, -0.2) is 19.6 Å². The molecule has 6 heteroatoms. The molecular weight excluding hydrogens is 276 g/mol. The molecule has 0 aliphatic rings. The number of hydrogen-bond acceptors (Lipinski definition) is 4. The molecule has 0 saturated carbocycles. The third-order valence-electron chi connectivity index (χ3n) is 3.11. The van der Waals surface area contributed by atoms with E-state index in [2.05, 4.69) is 15.1 Å².